The maximum Gasteiger partial charge on any atom is 0.0876 e. The van der Waals surface area contributed by atoms with Gasteiger partial charge >= 0.3 is 0 Å². The summed E-state index contributed by atoms with van der Waals surface area (Å²) in [6.45, 7) is 1.20. The minimum Gasteiger partial charge on any atom is -0.369 e. The number of ether oxygens (including phenoxy) is 1. The summed E-state index contributed by atoms with van der Waals surface area (Å²) in [6, 6.07) is 0. The minimum absolute atomic E-state index is 0.687. The molecule has 1 saturated heterocycles. The third-order valence-corrected chi connectivity index (χ3v) is 3.70. The summed E-state index contributed by atoms with van der Waals surface area (Å²) in [7, 11) is 2.05. The highest BCUT2D eigenvalue weighted by molar-refractivity contribution is 5.10. The molecule has 0 radical (unpaired) electrons. The number of nitrogens with one attached hydrogen (secondary N) is 1. The van der Waals surface area contributed by atoms with Crippen molar-refractivity contribution in [2.45, 2.75) is 25.0 Å². The fourth-order valence-corrected chi connectivity index (χ4v) is 3.23. The summed E-state index contributed by atoms with van der Waals surface area (Å²) in [5.41, 5.74) is 0. The van der Waals surface area contributed by atoms with Crippen LogP contribution in [0.2, 0.25) is 0 Å². The van der Waals surface area contributed by atoms with Crippen molar-refractivity contribution in [1.82, 2.24) is 5.32 Å². The van der Waals surface area contributed by atoms with Crippen LogP contribution in [0.5, 0.6) is 0 Å². The fraction of sp³-hybridized carbons (Fsp3) is 1.00. The van der Waals surface area contributed by atoms with Crippen LogP contribution in [0.1, 0.15) is 12.8 Å². The Hall–Kier alpha value is -0.0800. The van der Waals surface area contributed by atoms with Gasteiger partial charge in [0.05, 0.1) is 12.2 Å². The van der Waals surface area contributed by atoms with Gasteiger partial charge in [-0.3, -0.25) is 0 Å². The Labute approximate surface area is 67.3 Å². The van der Waals surface area contributed by atoms with Crippen LogP contribution in [-0.4, -0.2) is 25.8 Å². The molecule has 0 aromatic rings. The molecule has 0 aromatic heterocycles. The van der Waals surface area contributed by atoms with Gasteiger partial charge in [0.2, 0.25) is 0 Å². The Morgan fingerprint density at radius 3 is 2.91 bits per heavy atom. The summed E-state index contributed by atoms with van der Waals surface area (Å²) < 4.78 is 5.59. The van der Waals surface area contributed by atoms with Crippen molar-refractivity contribution < 1.29 is 4.74 Å². The second kappa shape index (κ2) is 1.99. The molecule has 5 atom stereocenters. The van der Waals surface area contributed by atoms with E-state index in [1.165, 1.54) is 19.4 Å². The lowest BCUT2D eigenvalue weighted by atomic mass is 9.89. The first-order chi connectivity index (χ1) is 5.40. The van der Waals surface area contributed by atoms with Crippen LogP contribution in [0.3, 0.4) is 0 Å². The van der Waals surface area contributed by atoms with Crippen LogP contribution in [0, 0.1) is 17.8 Å². The Morgan fingerprint density at radius 2 is 2.27 bits per heavy atom. The Morgan fingerprint density at radius 1 is 1.36 bits per heavy atom. The topological polar surface area (TPSA) is 24.6 Å². The lowest BCUT2D eigenvalue weighted by molar-refractivity contribution is 0.249. The third kappa shape index (κ3) is 0.744. The van der Waals surface area contributed by atoms with E-state index < -0.39 is 0 Å². The third-order valence-electron chi connectivity index (χ3n) is 3.70. The number of fused-ring (bicyclic) bond motifs is 5. The molecule has 5 unspecified atom stereocenters. The van der Waals surface area contributed by atoms with E-state index in [2.05, 4.69) is 12.4 Å². The highest BCUT2D eigenvalue weighted by Gasteiger charge is 2.62. The quantitative estimate of drug-likeness (QED) is 0.588. The number of hydrogen-bond acceptors (Lipinski definition) is 2. The maximum absolute atomic E-state index is 5.59. The highest BCUT2D eigenvalue weighted by atomic mass is 16.6. The molecule has 3 rings (SSSR count). The molecular formula is C9H15NO. The van der Waals surface area contributed by atoms with Crippen LogP contribution in [-0.2, 0) is 4.74 Å². The Kier molecular flexibility index (Phi) is 1.16. The molecule has 2 saturated carbocycles. The van der Waals surface area contributed by atoms with E-state index in [4.69, 9.17) is 4.74 Å². The van der Waals surface area contributed by atoms with Crippen LogP contribution < -0.4 is 5.32 Å². The van der Waals surface area contributed by atoms with Crippen molar-refractivity contribution in [2.75, 3.05) is 13.6 Å². The van der Waals surface area contributed by atoms with E-state index in [1.807, 2.05) is 0 Å². The average Bonchev–Trinajstić information content (AvgIpc) is 2.62. The predicted octanol–water partition coefficient (Wildman–Crippen LogP) is 0.629. The van der Waals surface area contributed by atoms with E-state index in [0.717, 1.165) is 17.8 Å². The zero-order valence-electron chi connectivity index (χ0n) is 6.92. The second-order valence-electron chi connectivity index (χ2n) is 4.28. The summed E-state index contributed by atoms with van der Waals surface area (Å²) in [4.78, 5) is 0. The smallest absolute Gasteiger partial charge is 0.0876 e. The van der Waals surface area contributed by atoms with E-state index in [-0.39, 0.29) is 0 Å². The van der Waals surface area contributed by atoms with Gasteiger partial charge < -0.3 is 10.1 Å². The first kappa shape index (κ1) is 6.44. The molecule has 0 amide bonds. The average molecular weight is 153 g/mol. The molecular weight excluding hydrogens is 138 g/mol. The largest absolute Gasteiger partial charge is 0.369 e. The zero-order chi connectivity index (χ0) is 7.42. The SMILES string of the molecule is CNCC1CC2CC1C1OC21. The molecule has 1 aliphatic heterocycles. The van der Waals surface area contributed by atoms with Gasteiger partial charge in [0, 0.05) is 0 Å². The predicted molar refractivity (Wildman–Crippen MR) is 42.3 cm³/mol. The highest BCUT2D eigenvalue weighted by Crippen LogP contribution is 2.58. The van der Waals surface area contributed by atoms with Crippen molar-refractivity contribution in [3.8, 4) is 0 Å². The molecule has 2 aliphatic carbocycles. The fourth-order valence-electron chi connectivity index (χ4n) is 3.23. The second-order valence-corrected chi connectivity index (χ2v) is 4.28. The van der Waals surface area contributed by atoms with Gasteiger partial charge in [-0.1, -0.05) is 0 Å². The van der Waals surface area contributed by atoms with Crippen molar-refractivity contribution in [2.24, 2.45) is 17.8 Å². The molecule has 11 heavy (non-hydrogen) atoms. The van der Waals surface area contributed by atoms with Crippen LogP contribution in [0.15, 0.2) is 0 Å². The van der Waals surface area contributed by atoms with Gasteiger partial charge in [-0.25, -0.2) is 0 Å². The van der Waals surface area contributed by atoms with Crippen LogP contribution in [0.4, 0.5) is 0 Å². The first-order valence-electron chi connectivity index (χ1n) is 4.70. The molecule has 2 bridgehead atoms. The molecule has 2 nitrogen and oxygen atoms in total. The molecule has 2 heteroatoms. The van der Waals surface area contributed by atoms with Gasteiger partial charge in [0.1, 0.15) is 0 Å². The maximum atomic E-state index is 5.59. The summed E-state index contributed by atoms with van der Waals surface area (Å²) >= 11 is 0. The van der Waals surface area contributed by atoms with Gasteiger partial charge in [-0.15, -0.1) is 0 Å². The van der Waals surface area contributed by atoms with Crippen LogP contribution in [0.25, 0.3) is 0 Å². The Bertz CT molecular complexity index is 182. The summed E-state index contributed by atoms with van der Waals surface area (Å²) in [5.74, 6) is 2.77. The van der Waals surface area contributed by atoms with Crippen molar-refractivity contribution in [1.29, 1.82) is 0 Å². The van der Waals surface area contributed by atoms with Crippen molar-refractivity contribution in [3.05, 3.63) is 0 Å². The zero-order valence-corrected chi connectivity index (χ0v) is 6.92. The molecule has 1 N–H and O–H groups in total. The lowest BCUT2D eigenvalue weighted by Gasteiger charge is -2.18. The summed E-state index contributed by atoms with van der Waals surface area (Å²) in [6.07, 6.45) is 4.27. The van der Waals surface area contributed by atoms with E-state index in [1.54, 1.807) is 0 Å². The van der Waals surface area contributed by atoms with E-state index in [9.17, 15) is 0 Å². The molecule has 62 valence electrons. The van der Waals surface area contributed by atoms with Gasteiger partial charge in [-0.05, 0) is 44.2 Å². The number of hydrogen-bond donors (Lipinski definition) is 1. The molecule has 3 aliphatic rings. The number of epoxide rings is 1. The van der Waals surface area contributed by atoms with E-state index >= 15 is 0 Å². The Balaban J connectivity index is 1.73. The monoisotopic (exact) mass is 153 g/mol. The summed E-state index contributed by atoms with van der Waals surface area (Å²) in [5, 5.41) is 3.28. The van der Waals surface area contributed by atoms with E-state index in [0.29, 0.717) is 12.2 Å². The van der Waals surface area contributed by atoms with Crippen LogP contribution >= 0.6 is 0 Å². The van der Waals surface area contributed by atoms with Gasteiger partial charge in [0.25, 0.3) is 0 Å². The standard InChI is InChI=1S/C9H15NO/c1-10-4-6-2-5-3-7(6)9-8(5)11-9/h5-10H,2-4H2,1H3. The molecule has 0 aromatic carbocycles. The molecule has 1 heterocycles. The molecule has 3 fully saturated rings. The molecule has 0 spiro atoms. The van der Waals surface area contributed by atoms with Crippen molar-refractivity contribution >= 4 is 0 Å². The normalized spacial score (nSPS) is 58.1. The van der Waals surface area contributed by atoms with Gasteiger partial charge in [0.15, 0.2) is 0 Å². The first-order valence-corrected chi connectivity index (χ1v) is 4.70. The lowest BCUT2D eigenvalue weighted by Crippen LogP contribution is -2.27. The van der Waals surface area contributed by atoms with Gasteiger partial charge in [-0.2, -0.15) is 0 Å². The van der Waals surface area contributed by atoms with Crippen molar-refractivity contribution in [3.63, 3.8) is 0 Å². The minimum atomic E-state index is 0.687. The number of rotatable bonds is 2.